The quantitative estimate of drug-likeness (QED) is 0.286. The molecule has 154 valence electrons. The second-order valence-electron chi connectivity index (χ2n) is 6.56. The van der Waals surface area contributed by atoms with Crippen molar-refractivity contribution >= 4 is 18.1 Å². The summed E-state index contributed by atoms with van der Waals surface area (Å²) in [5, 5.41) is 12.7. The number of ether oxygens (including phenoxy) is 2. The number of aryl methyl sites for hydroxylation is 1. The summed E-state index contributed by atoms with van der Waals surface area (Å²) < 4.78 is 10.8. The monoisotopic (exact) mass is 413 g/mol. The Bertz CT molecular complexity index is 1180. The van der Waals surface area contributed by atoms with Gasteiger partial charge in [-0.2, -0.15) is 10.4 Å². The average molecular weight is 413 g/mol. The lowest BCUT2D eigenvalue weighted by Crippen LogP contribution is -2.17. The normalized spacial score (nSPS) is 10.4. The number of hydrogen-bond acceptors (Lipinski definition) is 6. The highest BCUT2D eigenvalue weighted by atomic mass is 16.6. The molecule has 0 spiro atoms. The van der Waals surface area contributed by atoms with Crippen LogP contribution in [0.1, 0.15) is 37.4 Å². The minimum absolute atomic E-state index is 0.271. The fourth-order valence-corrected chi connectivity index (χ4v) is 2.71. The lowest BCUT2D eigenvalue weighted by molar-refractivity contribution is 0.0729. The zero-order chi connectivity index (χ0) is 22.2. The van der Waals surface area contributed by atoms with E-state index in [0.29, 0.717) is 28.0 Å². The molecule has 3 rings (SSSR count). The van der Waals surface area contributed by atoms with Crippen LogP contribution < -0.4 is 14.9 Å². The van der Waals surface area contributed by atoms with Crippen LogP contribution in [0.2, 0.25) is 0 Å². The highest BCUT2D eigenvalue weighted by Gasteiger charge is 2.13. The Balaban J connectivity index is 1.67. The van der Waals surface area contributed by atoms with Crippen LogP contribution in [-0.4, -0.2) is 25.2 Å². The van der Waals surface area contributed by atoms with Crippen molar-refractivity contribution in [2.45, 2.75) is 6.92 Å². The summed E-state index contributed by atoms with van der Waals surface area (Å²) in [6.45, 7) is 1.89. The summed E-state index contributed by atoms with van der Waals surface area (Å²) in [5.41, 5.74) is 5.30. The van der Waals surface area contributed by atoms with E-state index < -0.39 is 11.9 Å². The Morgan fingerprint density at radius 1 is 1.00 bits per heavy atom. The molecule has 0 saturated carbocycles. The van der Waals surface area contributed by atoms with Crippen molar-refractivity contribution in [3.63, 3.8) is 0 Å². The lowest BCUT2D eigenvalue weighted by Gasteiger charge is -2.10. The first kappa shape index (κ1) is 21.3. The average Bonchev–Trinajstić information content (AvgIpc) is 2.79. The number of carbonyl (C=O) groups is 2. The van der Waals surface area contributed by atoms with Crippen molar-refractivity contribution in [2.75, 3.05) is 7.11 Å². The third-order valence-electron chi connectivity index (χ3n) is 4.30. The van der Waals surface area contributed by atoms with Crippen LogP contribution in [0, 0.1) is 18.3 Å². The number of nitrogens with zero attached hydrogens (tertiary/aromatic N) is 2. The summed E-state index contributed by atoms with van der Waals surface area (Å²) in [5.74, 6) is -0.273. The molecule has 0 aliphatic carbocycles. The second-order valence-corrected chi connectivity index (χ2v) is 6.56. The van der Waals surface area contributed by atoms with E-state index >= 15 is 0 Å². The fraction of sp³-hybridized carbons (Fsp3) is 0.0833. The van der Waals surface area contributed by atoms with Crippen molar-refractivity contribution < 1.29 is 19.1 Å². The summed E-state index contributed by atoms with van der Waals surface area (Å²) in [6, 6.07) is 20.2. The van der Waals surface area contributed by atoms with Gasteiger partial charge in [-0.25, -0.2) is 10.2 Å². The number of rotatable bonds is 6. The Morgan fingerprint density at radius 3 is 2.45 bits per heavy atom. The van der Waals surface area contributed by atoms with Gasteiger partial charge < -0.3 is 9.47 Å². The molecule has 31 heavy (non-hydrogen) atoms. The van der Waals surface area contributed by atoms with Gasteiger partial charge in [0.25, 0.3) is 5.91 Å². The van der Waals surface area contributed by atoms with Crippen LogP contribution in [0.4, 0.5) is 0 Å². The first-order valence-corrected chi connectivity index (χ1v) is 9.30. The summed E-state index contributed by atoms with van der Waals surface area (Å²) in [7, 11) is 1.47. The number of nitriles is 1. The zero-order valence-electron chi connectivity index (χ0n) is 17.0. The summed E-state index contributed by atoms with van der Waals surface area (Å²) in [6.07, 6.45) is 1.44. The van der Waals surface area contributed by atoms with E-state index in [9.17, 15) is 9.59 Å². The number of methoxy groups -OCH3 is 1. The number of carbonyl (C=O) groups excluding carboxylic acids is 2. The van der Waals surface area contributed by atoms with E-state index in [2.05, 4.69) is 10.5 Å². The maximum atomic E-state index is 12.4. The minimum atomic E-state index is -0.488. The SMILES string of the molecule is COc1cc(/C=N\NC(=O)c2ccc(C#N)cc2)ccc1OC(=O)c1cccc(C)c1. The Hall–Kier alpha value is -4.44. The van der Waals surface area contributed by atoms with Gasteiger partial charge in [-0.3, -0.25) is 4.79 Å². The van der Waals surface area contributed by atoms with Gasteiger partial charge in [-0.1, -0.05) is 17.7 Å². The van der Waals surface area contributed by atoms with Gasteiger partial charge in [0.15, 0.2) is 11.5 Å². The van der Waals surface area contributed by atoms with E-state index in [1.807, 2.05) is 19.1 Å². The molecule has 0 unspecified atom stereocenters. The molecule has 0 fully saturated rings. The van der Waals surface area contributed by atoms with E-state index in [-0.39, 0.29) is 5.75 Å². The summed E-state index contributed by atoms with van der Waals surface area (Å²) >= 11 is 0. The van der Waals surface area contributed by atoms with E-state index in [1.54, 1.807) is 60.7 Å². The van der Waals surface area contributed by atoms with Crippen molar-refractivity contribution in [1.29, 1.82) is 5.26 Å². The first-order chi connectivity index (χ1) is 15.0. The molecule has 1 amide bonds. The highest BCUT2D eigenvalue weighted by molar-refractivity contribution is 5.95. The molecule has 0 heterocycles. The molecule has 3 aromatic carbocycles. The van der Waals surface area contributed by atoms with Gasteiger partial charge >= 0.3 is 5.97 Å². The molecule has 7 heteroatoms. The molecular weight excluding hydrogens is 394 g/mol. The number of hydrogen-bond donors (Lipinski definition) is 1. The molecule has 0 aliphatic heterocycles. The van der Waals surface area contributed by atoms with Crippen LogP contribution in [0.15, 0.2) is 71.8 Å². The third kappa shape index (κ3) is 5.55. The van der Waals surface area contributed by atoms with Gasteiger partial charge in [0.05, 0.1) is 30.5 Å². The highest BCUT2D eigenvalue weighted by Crippen LogP contribution is 2.28. The molecule has 0 radical (unpaired) electrons. The topological polar surface area (TPSA) is 101 Å². The maximum absolute atomic E-state index is 12.4. The number of nitrogens with one attached hydrogen (secondary N) is 1. The maximum Gasteiger partial charge on any atom is 0.343 e. The molecule has 1 N–H and O–H groups in total. The predicted molar refractivity (Wildman–Crippen MR) is 115 cm³/mol. The van der Waals surface area contributed by atoms with Crippen LogP contribution in [0.5, 0.6) is 11.5 Å². The number of amides is 1. The van der Waals surface area contributed by atoms with Crippen LogP contribution in [0.3, 0.4) is 0 Å². The standard InChI is InChI=1S/C24H19N3O4/c1-16-4-3-5-20(12-16)24(29)31-21-11-8-18(13-22(21)30-2)15-26-27-23(28)19-9-6-17(14-25)7-10-19/h3-13,15H,1-2H3,(H,27,28)/b26-15-. The van der Waals surface area contributed by atoms with Gasteiger partial charge in [-0.15, -0.1) is 0 Å². The smallest absolute Gasteiger partial charge is 0.343 e. The fourth-order valence-electron chi connectivity index (χ4n) is 2.71. The first-order valence-electron chi connectivity index (χ1n) is 9.30. The lowest BCUT2D eigenvalue weighted by atomic mass is 10.1. The molecule has 0 saturated heterocycles. The van der Waals surface area contributed by atoms with Crippen molar-refractivity contribution in [3.05, 3.63) is 94.5 Å². The number of benzene rings is 3. The molecule has 0 bridgehead atoms. The van der Waals surface area contributed by atoms with Gasteiger partial charge in [-0.05, 0) is 67.1 Å². The van der Waals surface area contributed by atoms with Crippen molar-refractivity contribution in [1.82, 2.24) is 5.43 Å². The Morgan fingerprint density at radius 2 is 1.77 bits per heavy atom. The van der Waals surface area contributed by atoms with Crippen molar-refractivity contribution in [2.24, 2.45) is 5.10 Å². The van der Waals surface area contributed by atoms with Crippen molar-refractivity contribution in [3.8, 4) is 17.6 Å². The Labute approximate surface area is 179 Å². The largest absolute Gasteiger partial charge is 0.493 e. The predicted octanol–water partition coefficient (Wildman–Crippen LogP) is 3.86. The Kier molecular flexibility index (Phi) is 6.76. The third-order valence-corrected chi connectivity index (χ3v) is 4.30. The molecule has 0 aliphatic rings. The van der Waals surface area contributed by atoms with Crippen LogP contribution >= 0.6 is 0 Å². The molecule has 7 nitrogen and oxygen atoms in total. The molecular formula is C24H19N3O4. The van der Waals surface area contributed by atoms with Gasteiger partial charge in [0.1, 0.15) is 0 Å². The van der Waals surface area contributed by atoms with Crippen LogP contribution in [-0.2, 0) is 0 Å². The van der Waals surface area contributed by atoms with Gasteiger partial charge in [0.2, 0.25) is 0 Å². The molecule has 0 atom stereocenters. The second kappa shape index (κ2) is 9.85. The molecule has 0 aromatic heterocycles. The van der Waals surface area contributed by atoms with Gasteiger partial charge in [0, 0.05) is 5.56 Å². The van der Waals surface area contributed by atoms with Crippen LogP contribution in [0.25, 0.3) is 0 Å². The van der Waals surface area contributed by atoms with E-state index in [4.69, 9.17) is 14.7 Å². The summed E-state index contributed by atoms with van der Waals surface area (Å²) in [4.78, 5) is 24.5. The molecule has 3 aromatic rings. The number of hydrazone groups is 1. The van der Waals surface area contributed by atoms with E-state index in [1.165, 1.54) is 13.3 Å². The number of esters is 1. The zero-order valence-corrected chi connectivity index (χ0v) is 17.0. The van der Waals surface area contributed by atoms with E-state index in [0.717, 1.165) is 5.56 Å². The minimum Gasteiger partial charge on any atom is -0.493 e.